The van der Waals surface area contributed by atoms with Gasteiger partial charge in [0.05, 0.1) is 5.56 Å². The van der Waals surface area contributed by atoms with E-state index in [2.05, 4.69) is 30.5 Å². The Balaban J connectivity index is 1.55. The zero-order valence-electron chi connectivity index (χ0n) is 22.0. The molecule has 1 aromatic carbocycles. The number of piperidine rings is 2. The molecule has 2 saturated heterocycles. The molecule has 0 atom stereocenters. The third-order valence-corrected chi connectivity index (χ3v) is 7.38. The lowest BCUT2D eigenvalue weighted by Gasteiger charge is -2.48. The van der Waals surface area contributed by atoms with Crippen LogP contribution in [0.25, 0.3) is 0 Å². The number of guanidine groups is 1. The predicted octanol–water partition coefficient (Wildman–Crippen LogP) is 4.08. The minimum atomic E-state index is -4.43. The minimum absolute atomic E-state index is 0.0457. The van der Waals surface area contributed by atoms with Gasteiger partial charge in [0, 0.05) is 30.2 Å². The summed E-state index contributed by atoms with van der Waals surface area (Å²) < 4.78 is 38.8. The molecule has 0 unspecified atom stereocenters. The van der Waals surface area contributed by atoms with Gasteiger partial charge in [0.25, 0.3) is 0 Å². The molecule has 2 aliphatic heterocycles. The first-order valence-electron chi connectivity index (χ1n) is 12.9. The number of amides is 1. The number of aromatic nitrogens is 2. The summed E-state index contributed by atoms with van der Waals surface area (Å²) in [7, 11) is 0. The second kappa shape index (κ2) is 11.8. The number of aryl methyl sites for hydroxylation is 2. The van der Waals surface area contributed by atoms with E-state index in [0.29, 0.717) is 43.5 Å². The van der Waals surface area contributed by atoms with Gasteiger partial charge in [-0.15, -0.1) is 0 Å². The van der Waals surface area contributed by atoms with Crippen LogP contribution < -0.4 is 16.4 Å². The van der Waals surface area contributed by atoms with Gasteiger partial charge in [-0.2, -0.15) is 18.2 Å². The van der Waals surface area contributed by atoms with E-state index in [4.69, 9.17) is 18.0 Å². The number of aliphatic imine (C=N–C) groups is 1. The van der Waals surface area contributed by atoms with E-state index in [1.807, 2.05) is 24.8 Å². The Bertz CT molecular complexity index is 1200. The van der Waals surface area contributed by atoms with E-state index in [1.54, 1.807) is 0 Å². The van der Waals surface area contributed by atoms with Crippen LogP contribution in [0.3, 0.4) is 0 Å². The van der Waals surface area contributed by atoms with Crippen molar-refractivity contribution in [1.29, 1.82) is 0 Å². The average Bonchev–Trinajstić information content (AvgIpc) is 2.88. The SMILES string of the molecule is Cc1cc(C)nc(N/C(=N/C(=S)Nc2ccc(C(F)(F)F)cc2)N2CCC(C(N)=O)(N3CCCCC3)CC2)n1. The highest BCUT2D eigenvalue weighted by Gasteiger charge is 2.45. The van der Waals surface area contributed by atoms with Gasteiger partial charge >= 0.3 is 6.18 Å². The lowest BCUT2D eigenvalue weighted by molar-refractivity contribution is -0.137. The first kappa shape index (κ1) is 28.7. The summed E-state index contributed by atoms with van der Waals surface area (Å²) in [6, 6.07) is 6.40. The lowest BCUT2D eigenvalue weighted by Crippen LogP contribution is -2.64. The second-order valence-electron chi connectivity index (χ2n) is 9.97. The van der Waals surface area contributed by atoms with E-state index < -0.39 is 17.3 Å². The van der Waals surface area contributed by atoms with Gasteiger partial charge in [-0.25, -0.2) is 9.97 Å². The highest BCUT2D eigenvalue weighted by atomic mass is 32.1. The standard InChI is InChI=1S/C26H33F3N8OS/c1-17-16-18(2)32-22(31-17)34-23(35-24(39)33-20-8-6-19(7-9-20)26(27,28)29)36-14-10-25(11-15-36,21(30)38)37-12-4-3-5-13-37/h6-9,16H,3-5,10-15H2,1-2H3,(H2,30,38)(H2,31,32,33,34,35,39). The number of hydrogen-bond donors (Lipinski definition) is 3. The summed E-state index contributed by atoms with van der Waals surface area (Å²) in [6.07, 6.45) is -0.145. The third kappa shape index (κ3) is 7.01. The molecule has 39 heavy (non-hydrogen) atoms. The van der Waals surface area contributed by atoms with Gasteiger partial charge in [-0.05, 0) is 95.2 Å². The minimum Gasteiger partial charge on any atom is -0.368 e. The fraction of sp³-hybridized carbons (Fsp3) is 0.500. The number of alkyl halides is 3. The number of likely N-dealkylation sites (tertiary alicyclic amines) is 2. The highest BCUT2D eigenvalue weighted by Crippen LogP contribution is 2.32. The molecule has 9 nitrogen and oxygen atoms in total. The number of nitrogens with two attached hydrogens (primary N) is 1. The summed E-state index contributed by atoms with van der Waals surface area (Å²) >= 11 is 5.43. The van der Waals surface area contributed by atoms with Gasteiger partial charge in [-0.1, -0.05) is 6.42 Å². The number of nitrogens with one attached hydrogen (secondary N) is 2. The maximum Gasteiger partial charge on any atom is 0.416 e. The fourth-order valence-corrected chi connectivity index (χ4v) is 5.38. The summed E-state index contributed by atoms with van der Waals surface area (Å²) in [4.78, 5) is 30.3. The van der Waals surface area contributed by atoms with Crippen molar-refractivity contribution in [1.82, 2.24) is 19.8 Å². The number of carbonyl (C=O) groups is 1. The van der Waals surface area contributed by atoms with Crippen LogP contribution in [0.5, 0.6) is 0 Å². The number of halogens is 3. The van der Waals surface area contributed by atoms with Crippen LogP contribution in [0.4, 0.5) is 24.8 Å². The Morgan fingerprint density at radius 3 is 2.13 bits per heavy atom. The molecule has 1 aromatic heterocycles. The normalized spacial score (nSPS) is 18.5. The van der Waals surface area contributed by atoms with Gasteiger partial charge in [0.1, 0.15) is 5.54 Å². The van der Waals surface area contributed by atoms with Crippen LogP contribution in [0.2, 0.25) is 0 Å². The maximum atomic E-state index is 12.9. The highest BCUT2D eigenvalue weighted by molar-refractivity contribution is 7.80. The number of benzene rings is 1. The first-order chi connectivity index (χ1) is 18.5. The molecule has 3 heterocycles. The van der Waals surface area contributed by atoms with E-state index in [1.165, 1.54) is 12.1 Å². The number of nitrogens with zero attached hydrogens (tertiary/aromatic N) is 5. The van der Waals surface area contributed by atoms with Crippen molar-refractivity contribution in [2.75, 3.05) is 36.8 Å². The molecule has 2 aromatic rings. The van der Waals surface area contributed by atoms with E-state index >= 15 is 0 Å². The Hall–Kier alpha value is -3.32. The molecule has 4 N–H and O–H groups in total. The molecule has 0 aliphatic carbocycles. The third-order valence-electron chi connectivity index (χ3n) is 7.19. The molecule has 0 radical (unpaired) electrons. The number of primary amides is 1. The number of thiocarbonyl (C=S) groups is 1. The molecule has 0 bridgehead atoms. The molecular weight excluding hydrogens is 529 g/mol. The Kier molecular flexibility index (Phi) is 8.70. The van der Waals surface area contributed by atoms with Gasteiger partial charge < -0.3 is 16.0 Å². The number of rotatable bonds is 4. The number of anilines is 2. The molecule has 0 spiro atoms. The smallest absolute Gasteiger partial charge is 0.368 e. The molecule has 1 amide bonds. The molecular formula is C26H33F3N8OS. The topological polar surface area (TPSA) is 112 Å². The molecule has 210 valence electrons. The van der Waals surface area contributed by atoms with Crippen molar-refractivity contribution in [3.05, 3.63) is 47.3 Å². The lowest BCUT2D eigenvalue weighted by atomic mass is 9.83. The van der Waals surface area contributed by atoms with Crippen molar-refractivity contribution < 1.29 is 18.0 Å². The zero-order valence-corrected chi connectivity index (χ0v) is 22.8. The van der Waals surface area contributed by atoms with E-state index in [-0.39, 0.29) is 11.0 Å². The summed E-state index contributed by atoms with van der Waals surface area (Å²) in [5.74, 6) is 0.403. The van der Waals surface area contributed by atoms with Crippen LogP contribution in [-0.2, 0) is 11.0 Å². The number of hydrogen-bond acceptors (Lipinski definition) is 5. The quantitative estimate of drug-likeness (QED) is 0.290. The van der Waals surface area contributed by atoms with E-state index in [9.17, 15) is 18.0 Å². The first-order valence-corrected chi connectivity index (χ1v) is 13.3. The molecule has 0 saturated carbocycles. The van der Waals surface area contributed by atoms with Crippen molar-refractivity contribution in [3.63, 3.8) is 0 Å². The van der Waals surface area contributed by atoms with Gasteiger partial charge in [0.15, 0.2) is 0 Å². The predicted molar refractivity (Wildman–Crippen MR) is 148 cm³/mol. The van der Waals surface area contributed by atoms with Crippen molar-refractivity contribution >= 4 is 40.8 Å². The van der Waals surface area contributed by atoms with Crippen LogP contribution in [0.1, 0.15) is 49.1 Å². The maximum absolute atomic E-state index is 12.9. The Morgan fingerprint density at radius 1 is 1.00 bits per heavy atom. The summed E-state index contributed by atoms with van der Waals surface area (Å²) in [6.45, 7) is 6.37. The molecule has 13 heteroatoms. The van der Waals surface area contributed by atoms with Crippen molar-refractivity contribution in [2.24, 2.45) is 10.7 Å². The van der Waals surface area contributed by atoms with Crippen LogP contribution in [0, 0.1) is 13.8 Å². The molecule has 4 rings (SSSR count). The van der Waals surface area contributed by atoms with E-state index in [0.717, 1.165) is 55.9 Å². The average molecular weight is 563 g/mol. The van der Waals surface area contributed by atoms with Crippen molar-refractivity contribution in [3.8, 4) is 0 Å². The molecule has 2 aliphatic rings. The van der Waals surface area contributed by atoms with Crippen LogP contribution >= 0.6 is 12.2 Å². The molecule has 2 fully saturated rings. The van der Waals surface area contributed by atoms with Crippen LogP contribution in [-0.4, -0.2) is 68.5 Å². The summed E-state index contributed by atoms with van der Waals surface area (Å²) in [5, 5.41) is 6.08. The summed E-state index contributed by atoms with van der Waals surface area (Å²) in [5.41, 5.74) is 6.40. The van der Waals surface area contributed by atoms with Gasteiger partial charge in [0.2, 0.25) is 22.9 Å². The second-order valence-corrected chi connectivity index (χ2v) is 10.4. The number of carbonyl (C=O) groups excluding carboxylic acids is 1. The monoisotopic (exact) mass is 562 g/mol. The van der Waals surface area contributed by atoms with Crippen molar-refractivity contribution in [2.45, 2.75) is 57.7 Å². The van der Waals surface area contributed by atoms with Gasteiger partial charge in [-0.3, -0.25) is 15.0 Å². The zero-order chi connectivity index (χ0) is 28.2. The Labute approximate surface area is 231 Å². The van der Waals surface area contributed by atoms with Crippen LogP contribution in [0.15, 0.2) is 35.3 Å². The fourth-order valence-electron chi connectivity index (χ4n) is 5.18. The Morgan fingerprint density at radius 2 is 1.59 bits per heavy atom. The largest absolute Gasteiger partial charge is 0.416 e.